The number of rotatable bonds is 6. The Labute approximate surface area is 111 Å². The highest BCUT2D eigenvalue weighted by atomic mass is 79.9. The molecule has 0 aliphatic heterocycles. The van der Waals surface area contributed by atoms with Crippen molar-refractivity contribution in [3.05, 3.63) is 24.3 Å². The van der Waals surface area contributed by atoms with Crippen molar-refractivity contribution in [3.63, 3.8) is 0 Å². The SMILES string of the molecule is COc1cccc(N(C)C(=O)CCCCBr)c1. The van der Waals surface area contributed by atoms with Crippen molar-refractivity contribution < 1.29 is 9.53 Å². The second-order valence-corrected chi connectivity index (χ2v) is 4.59. The molecule has 1 aromatic rings. The van der Waals surface area contributed by atoms with E-state index in [2.05, 4.69) is 15.9 Å². The molecule has 0 bridgehead atoms. The zero-order valence-electron chi connectivity index (χ0n) is 10.3. The van der Waals surface area contributed by atoms with E-state index in [4.69, 9.17) is 4.74 Å². The van der Waals surface area contributed by atoms with Crippen molar-refractivity contribution in [3.8, 4) is 5.75 Å². The summed E-state index contributed by atoms with van der Waals surface area (Å²) in [4.78, 5) is 13.6. The van der Waals surface area contributed by atoms with E-state index in [0.29, 0.717) is 6.42 Å². The van der Waals surface area contributed by atoms with E-state index >= 15 is 0 Å². The van der Waals surface area contributed by atoms with Crippen LogP contribution in [0.1, 0.15) is 19.3 Å². The van der Waals surface area contributed by atoms with Crippen LogP contribution >= 0.6 is 15.9 Å². The lowest BCUT2D eigenvalue weighted by Crippen LogP contribution is -2.25. The zero-order chi connectivity index (χ0) is 12.7. The van der Waals surface area contributed by atoms with E-state index in [1.54, 1.807) is 19.1 Å². The maximum Gasteiger partial charge on any atom is 0.226 e. The highest BCUT2D eigenvalue weighted by molar-refractivity contribution is 9.09. The standard InChI is InChI=1S/C13H18BrNO2/c1-15(13(16)8-3-4-9-14)11-6-5-7-12(10-11)17-2/h5-7,10H,3-4,8-9H2,1-2H3. The lowest BCUT2D eigenvalue weighted by molar-refractivity contribution is -0.118. The number of anilines is 1. The molecule has 0 fully saturated rings. The summed E-state index contributed by atoms with van der Waals surface area (Å²) in [5.74, 6) is 0.904. The van der Waals surface area contributed by atoms with Gasteiger partial charge in [0.2, 0.25) is 5.91 Å². The normalized spacial score (nSPS) is 10.1. The number of amides is 1. The second kappa shape index (κ2) is 7.33. The third kappa shape index (κ3) is 4.38. The molecule has 0 saturated heterocycles. The van der Waals surface area contributed by atoms with Crippen molar-refractivity contribution in [2.75, 3.05) is 24.4 Å². The van der Waals surface area contributed by atoms with Crippen molar-refractivity contribution in [2.24, 2.45) is 0 Å². The van der Waals surface area contributed by atoms with E-state index in [9.17, 15) is 4.79 Å². The molecule has 0 N–H and O–H groups in total. The van der Waals surface area contributed by atoms with Crippen LogP contribution in [-0.4, -0.2) is 25.4 Å². The van der Waals surface area contributed by atoms with Crippen molar-refractivity contribution >= 4 is 27.5 Å². The van der Waals surface area contributed by atoms with Crippen molar-refractivity contribution in [1.82, 2.24) is 0 Å². The number of hydrogen-bond acceptors (Lipinski definition) is 2. The first-order chi connectivity index (χ1) is 8.19. The van der Waals surface area contributed by atoms with Gasteiger partial charge in [-0.2, -0.15) is 0 Å². The number of unbranched alkanes of at least 4 members (excludes halogenated alkanes) is 1. The molecule has 0 aromatic heterocycles. The molecule has 3 nitrogen and oxygen atoms in total. The fraction of sp³-hybridized carbons (Fsp3) is 0.462. The lowest BCUT2D eigenvalue weighted by atomic mass is 10.2. The molecule has 0 atom stereocenters. The van der Waals surface area contributed by atoms with Crippen LogP contribution in [0.15, 0.2) is 24.3 Å². The Morgan fingerprint density at radius 1 is 1.41 bits per heavy atom. The Bertz CT molecular complexity index is 368. The van der Waals surface area contributed by atoms with Crippen LogP contribution < -0.4 is 9.64 Å². The van der Waals surface area contributed by atoms with Crippen LogP contribution in [-0.2, 0) is 4.79 Å². The van der Waals surface area contributed by atoms with Crippen LogP contribution in [0.5, 0.6) is 5.75 Å². The van der Waals surface area contributed by atoms with Gasteiger partial charge in [0.15, 0.2) is 0 Å². The number of nitrogens with zero attached hydrogens (tertiary/aromatic N) is 1. The second-order valence-electron chi connectivity index (χ2n) is 3.80. The van der Waals surface area contributed by atoms with Crippen LogP contribution in [0, 0.1) is 0 Å². The van der Waals surface area contributed by atoms with Crippen LogP contribution in [0.25, 0.3) is 0 Å². The summed E-state index contributed by atoms with van der Waals surface area (Å²) in [6.45, 7) is 0. The summed E-state index contributed by atoms with van der Waals surface area (Å²) in [7, 11) is 3.42. The summed E-state index contributed by atoms with van der Waals surface area (Å²) in [6, 6.07) is 7.52. The molecule has 0 heterocycles. The zero-order valence-corrected chi connectivity index (χ0v) is 11.9. The Kier molecular flexibility index (Phi) is 6.05. The number of methoxy groups -OCH3 is 1. The van der Waals surface area contributed by atoms with Gasteiger partial charge in [-0.05, 0) is 25.0 Å². The van der Waals surface area contributed by atoms with Crippen LogP contribution in [0.3, 0.4) is 0 Å². The van der Waals surface area contributed by atoms with Gasteiger partial charge in [-0.15, -0.1) is 0 Å². The molecule has 0 saturated carbocycles. The number of carbonyl (C=O) groups is 1. The minimum Gasteiger partial charge on any atom is -0.497 e. The summed E-state index contributed by atoms with van der Waals surface area (Å²) < 4.78 is 5.14. The predicted octanol–water partition coefficient (Wildman–Crippen LogP) is 3.22. The minimum atomic E-state index is 0.138. The maximum atomic E-state index is 11.9. The summed E-state index contributed by atoms with van der Waals surface area (Å²) in [5, 5.41) is 0.948. The minimum absolute atomic E-state index is 0.138. The van der Waals surface area contributed by atoms with Gasteiger partial charge < -0.3 is 9.64 Å². The summed E-state index contributed by atoms with van der Waals surface area (Å²) >= 11 is 3.36. The molecule has 0 aliphatic carbocycles. The van der Waals surface area contributed by atoms with Gasteiger partial charge >= 0.3 is 0 Å². The number of hydrogen-bond donors (Lipinski definition) is 0. The molecule has 0 radical (unpaired) electrons. The number of halogens is 1. The Balaban J connectivity index is 2.61. The van der Waals surface area contributed by atoms with Crippen LogP contribution in [0.4, 0.5) is 5.69 Å². The van der Waals surface area contributed by atoms with Gasteiger partial charge in [0.25, 0.3) is 0 Å². The number of carbonyl (C=O) groups excluding carboxylic acids is 1. The van der Waals surface area contributed by atoms with Gasteiger partial charge in [0.05, 0.1) is 7.11 Å². The predicted molar refractivity (Wildman–Crippen MR) is 74.0 cm³/mol. The highest BCUT2D eigenvalue weighted by Crippen LogP contribution is 2.20. The number of benzene rings is 1. The topological polar surface area (TPSA) is 29.5 Å². The Morgan fingerprint density at radius 3 is 2.82 bits per heavy atom. The molecular weight excluding hydrogens is 282 g/mol. The molecule has 0 spiro atoms. The molecular formula is C13H18BrNO2. The summed E-state index contributed by atoms with van der Waals surface area (Å²) in [6.07, 6.45) is 2.52. The van der Waals surface area contributed by atoms with E-state index < -0.39 is 0 Å². The number of ether oxygens (including phenoxy) is 1. The summed E-state index contributed by atoms with van der Waals surface area (Å²) in [5.41, 5.74) is 0.869. The first-order valence-electron chi connectivity index (χ1n) is 5.65. The quantitative estimate of drug-likeness (QED) is 0.596. The molecule has 1 rings (SSSR count). The van der Waals surface area contributed by atoms with Crippen LogP contribution in [0.2, 0.25) is 0 Å². The average molecular weight is 300 g/mol. The van der Waals surface area contributed by atoms with Gasteiger partial charge in [-0.1, -0.05) is 22.0 Å². The molecule has 1 aromatic carbocycles. The van der Waals surface area contributed by atoms with E-state index in [-0.39, 0.29) is 5.91 Å². The molecule has 1 amide bonds. The Morgan fingerprint density at radius 2 is 2.18 bits per heavy atom. The molecule has 94 valence electrons. The number of alkyl halides is 1. The first-order valence-corrected chi connectivity index (χ1v) is 6.77. The van der Waals surface area contributed by atoms with Crippen molar-refractivity contribution in [2.45, 2.75) is 19.3 Å². The maximum absolute atomic E-state index is 11.9. The van der Waals surface area contributed by atoms with E-state index in [0.717, 1.165) is 29.6 Å². The third-order valence-electron chi connectivity index (χ3n) is 2.59. The largest absolute Gasteiger partial charge is 0.497 e. The fourth-order valence-electron chi connectivity index (χ4n) is 1.50. The smallest absolute Gasteiger partial charge is 0.226 e. The van der Waals surface area contributed by atoms with Gasteiger partial charge in [0.1, 0.15) is 5.75 Å². The average Bonchev–Trinajstić information content (AvgIpc) is 2.38. The van der Waals surface area contributed by atoms with Gasteiger partial charge in [-0.3, -0.25) is 4.79 Å². The first kappa shape index (κ1) is 14.0. The molecule has 0 aliphatic rings. The highest BCUT2D eigenvalue weighted by Gasteiger charge is 2.10. The molecule has 4 heteroatoms. The molecule has 17 heavy (non-hydrogen) atoms. The molecule has 0 unspecified atom stereocenters. The lowest BCUT2D eigenvalue weighted by Gasteiger charge is -2.17. The van der Waals surface area contributed by atoms with Crippen molar-refractivity contribution in [1.29, 1.82) is 0 Å². The van der Waals surface area contributed by atoms with E-state index in [1.807, 2.05) is 24.3 Å². The van der Waals surface area contributed by atoms with Gasteiger partial charge in [0, 0.05) is 30.6 Å². The monoisotopic (exact) mass is 299 g/mol. The fourth-order valence-corrected chi connectivity index (χ4v) is 1.90. The third-order valence-corrected chi connectivity index (χ3v) is 3.15. The van der Waals surface area contributed by atoms with E-state index in [1.165, 1.54) is 0 Å². The van der Waals surface area contributed by atoms with Gasteiger partial charge in [-0.25, -0.2) is 0 Å². The Hall–Kier alpha value is -1.03.